The molecule has 0 saturated carbocycles. The lowest BCUT2D eigenvalue weighted by atomic mass is 10.1. The van der Waals surface area contributed by atoms with Crippen molar-refractivity contribution in [3.63, 3.8) is 0 Å². The van der Waals surface area contributed by atoms with Gasteiger partial charge in [-0.15, -0.1) is 0 Å². The molecule has 2 heterocycles. The molecule has 9 nitrogen and oxygen atoms in total. The molecule has 1 aliphatic heterocycles. The molecule has 1 aromatic carbocycles. The summed E-state index contributed by atoms with van der Waals surface area (Å²) in [6.45, 7) is 0.273. The van der Waals surface area contributed by atoms with Crippen LogP contribution in [0.25, 0.3) is 6.08 Å². The van der Waals surface area contributed by atoms with Gasteiger partial charge in [0.2, 0.25) is 6.79 Å². The van der Waals surface area contributed by atoms with Crippen molar-refractivity contribution in [2.45, 2.75) is 12.8 Å². The lowest BCUT2D eigenvalue weighted by Crippen LogP contribution is -2.35. The average molecular weight is 386 g/mol. The molecule has 1 aromatic heterocycles. The largest absolute Gasteiger partial charge is 0.481 e. The number of carbonyl (C=O) groups excluding carboxylic acids is 2. The second-order valence-corrected chi connectivity index (χ2v) is 5.86. The molecule has 9 heteroatoms. The number of amides is 2. The third kappa shape index (κ3) is 4.91. The van der Waals surface area contributed by atoms with Gasteiger partial charge in [-0.2, -0.15) is 0 Å². The molecule has 0 radical (unpaired) electrons. The van der Waals surface area contributed by atoms with Crippen molar-refractivity contribution in [3.8, 4) is 11.5 Å². The molecule has 0 aliphatic carbocycles. The summed E-state index contributed by atoms with van der Waals surface area (Å²) in [4.78, 5) is 35.3. The molecule has 0 bridgehead atoms. The van der Waals surface area contributed by atoms with Crippen LogP contribution in [0.3, 0.4) is 0 Å². The van der Waals surface area contributed by atoms with Crippen LogP contribution in [0.4, 0.5) is 0 Å². The average Bonchev–Trinajstić information content (AvgIpc) is 3.35. The van der Waals surface area contributed by atoms with Crippen LogP contribution in [-0.4, -0.2) is 36.2 Å². The van der Waals surface area contributed by atoms with Gasteiger partial charge in [-0.05, 0) is 42.3 Å². The van der Waals surface area contributed by atoms with Crippen molar-refractivity contribution in [2.75, 3.05) is 13.3 Å². The lowest BCUT2D eigenvalue weighted by molar-refractivity contribution is -0.137. The zero-order valence-electron chi connectivity index (χ0n) is 14.8. The van der Waals surface area contributed by atoms with E-state index in [0.717, 1.165) is 0 Å². The first-order valence-electron chi connectivity index (χ1n) is 8.49. The van der Waals surface area contributed by atoms with Crippen molar-refractivity contribution < 1.29 is 33.4 Å². The number of carbonyl (C=O) groups is 3. The van der Waals surface area contributed by atoms with E-state index in [1.165, 1.54) is 18.4 Å². The molecule has 28 heavy (non-hydrogen) atoms. The molecular weight excluding hydrogens is 368 g/mol. The molecule has 0 unspecified atom stereocenters. The van der Waals surface area contributed by atoms with Crippen LogP contribution in [-0.2, 0) is 9.59 Å². The summed E-state index contributed by atoms with van der Waals surface area (Å²) >= 11 is 0. The summed E-state index contributed by atoms with van der Waals surface area (Å²) in [6.07, 6.45) is 3.03. The van der Waals surface area contributed by atoms with E-state index in [9.17, 15) is 14.4 Å². The van der Waals surface area contributed by atoms with E-state index >= 15 is 0 Å². The second-order valence-electron chi connectivity index (χ2n) is 5.86. The van der Waals surface area contributed by atoms with Crippen LogP contribution in [0, 0.1) is 0 Å². The van der Waals surface area contributed by atoms with Gasteiger partial charge in [0.25, 0.3) is 11.8 Å². The number of hydrogen-bond donors (Lipinski definition) is 3. The van der Waals surface area contributed by atoms with E-state index in [1.54, 1.807) is 24.3 Å². The Hall–Kier alpha value is -3.75. The molecule has 0 saturated heterocycles. The molecular formula is C19H18N2O7. The predicted molar refractivity (Wildman–Crippen MR) is 96.6 cm³/mol. The minimum absolute atomic E-state index is 0.0180. The van der Waals surface area contributed by atoms with E-state index in [1.807, 2.05) is 0 Å². The zero-order chi connectivity index (χ0) is 19.9. The molecule has 3 rings (SSSR count). The highest BCUT2D eigenvalue weighted by Crippen LogP contribution is 2.33. The minimum atomic E-state index is -0.948. The van der Waals surface area contributed by atoms with Gasteiger partial charge in [-0.25, -0.2) is 0 Å². The number of carboxylic acids is 1. The van der Waals surface area contributed by atoms with Crippen molar-refractivity contribution in [2.24, 2.45) is 0 Å². The molecule has 2 aromatic rings. The van der Waals surface area contributed by atoms with Gasteiger partial charge >= 0.3 is 5.97 Å². The Kier molecular flexibility index (Phi) is 5.95. The molecule has 0 atom stereocenters. The maximum absolute atomic E-state index is 12.5. The molecule has 146 valence electrons. The minimum Gasteiger partial charge on any atom is -0.481 e. The number of carboxylic acid groups (broad SMARTS) is 1. The van der Waals surface area contributed by atoms with E-state index in [2.05, 4.69) is 10.6 Å². The topological polar surface area (TPSA) is 127 Å². The predicted octanol–water partition coefficient (Wildman–Crippen LogP) is 1.76. The van der Waals surface area contributed by atoms with Crippen molar-refractivity contribution in [3.05, 3.63) is 53.6 Å². The third-order valence-electron chi connectivity index (χ3n) is 3.80. The number of furan rings is 1. The number of fused-ring (bicyclic) bond motifs is 1. The van der Waals surface area contributed by atoms with Crippen molar-refractivity contribution >= 4 is 23.9 Å². The summed E-state index contributed by atoms with van der Waals surface area (Å²) < 4.78 is 15.6. The van der Waals surface area contributed by atoms with Crippen LogP contribution < -0.4 is 20.1 Å². The first-order valence-corrected chi connectivity index (χ1v) is 8.49. The summed E-state index contributed by atoms with van der Waals surface area (Å²) in [6, 6.07) is 8.12. The number of aliphatic carboxylic acids is 1. The summed E-state index contributed by atoms with van der Waals surface area (Å²) in [7, 11) is 0. The summed E-state index contributed by atoms with van der Waals surface area (Å²) in [5, 5.41) is 13.8. The number of nitrogens with one attached hydrogen (secondary N) is 2. The fourth-order valence-electron chi connectivity index (χ4n) is 2.46. The molecule has 0 spiro atoms. The van der Waals surface area contributed by atoms with Crippen LogP contribution in [0.1, 0.15) is 29.0 Å². The normalized spacial score (nSPS) is 12.5. The molecule has 3 N–H and O–H groups in total. The zero-order valence-corrected chi connectivity index (χ0v) is 14.8. The SMILES string of the molecule is O=C(O)CCCNC(=O)/C(=C\c1ccc2c(c1)OCO2)NC(=O)c1ccco1. The van der Waals surface area contributed by atoms with E-state index in [-0.39, 0.29) is 37.6 Å². The maximum atomic E-state index is 12.5. The fraction of sp³-hybridized carbons (Fsp3) is 0.211. The van der Waals surface area contributed by atoms with Gasteiger partial charge in [0.05, 0.1) is 6.26 Å². The van der Waals surface area contributed by atoms with Gasteiger partial charge < -0.3 is 29.6 Å². The first kappa shape index (κ1) is 19.0. The lowest BCUT2D eigenvalue weighted by Gasteiger charge is -2.10. The molecule has 2 amide bonds. The van der Waals surface area contributed by atoms with Crippen LogP contribution >= 0.6 is 0 Å². The summed E-state index contributed by atoms with van der Waals surface area (Å²) in [5.74, 6) is -0.906. The Labute approximate surface area is 159 Å². The number of hydrogen-bond acceptors (Lipinski definition) is 6. The quantitative estimate of drug-likeness (QED) is 0.466. The van der Waals surface area contributed by atoms with Gasteiger partial charge in [0.1, 0.15) is 5.70 Å². The third-order valence-corrected chi connectivity index (χ3v) is 3.80. The Bertz CT molecular complexity index is 903. The smallest absolute Gasteiger partial charge is 0.303 e. The Morgan fingerprint density at radius 1 is 1.14 bits per heavy atom. The van der Waals surface area contributed by atoms with E-state index in [0.29, 0.717) is 17.1 Å². The molecule has 0 fully saturated rings. The van der Waals surface area contributed by atoms with Crippen molar-refractivity contribution in [1.82, 2.24) is 10.6 Å². The number of benzene rings is 1. The number of ether oxygens (including phenoxy) is 2. The van der Waals surface area contributed by atoms with Crippen LogP contribution in [0.2, 0.25) is 0 Å². The Balaban J connectivity index is 1.76. The highest BCUT2D eigenvalue weighted by atomic mass is 16.7. The highest BCUT2D eigenvalue weighted by molar-refractivity contribution is 6.04. The van der Waals surface area contributed by atoms with Gasteiger partial charge in [-0.1, -0.05) is 6.07 Å². The van der Waals surface area contributed by atoms with Crippen LogP contribution in [0.5, 0.6) is 11.5 Å². The Morgan fingerprint density at radius 2 is 1.96 bits per heavy atom. The van der Waals surface area contributed by atoms with Crippen molar-refractivity contribution in [1.29, 1.82) is 0 Å². The Morgan fingerprint density at radius 3 is 2.71 bits per heavy atom. The molecule has 1 aliphatic rings. The van der Waals surface area contributed by atoms with Gasteiger partial charge in [0.15, 0.2) is 17.3 Å². The van der Waals surface area contributed by atoms with Gasteiger partial charge in [0, 0.05) is 13.0 Å². The standard InChI is InChI=1S/C19H18N2O7/c22-17(23)4-1-7-20-18(24)13(21-19(25)15-3-2-8-26-15)9-12-5-6-14-16(10-12)28-11-27-14/h2-3,5-6,8-10H,1,4,7,11H2,(H,20,24)(H,21,25)(H,22,23)/b13-9+. The highest BCUT2D eigenvalue weighted by Gasteiger charge is 2.18. The number of rotatable bonds is 8. The second kappa shape index (κ2) is 8.76. The maximum Gasteiger partial charge on any atom is 0.303 e. The fourth-order valence-corrected chi connectivity index (χ4v) is 2.46. The summed E-state index contributed by atoms with van der Waals surface area (Å²) in [5.41, 5.74) is 0.593. The van der Waals surface area contributed by atoms with Gasteiger partial charge in [-0.3, -0.25) is 14.4 Å². The van der Waals surface area contributed by atoms with E-state index in [4.69, 9.17) is 19.0 Å². The van der Waals surface area contributed by atoms with E-state index < -0.39 is 17.8 Å². The first-order chi connectivity index (χ1) is 13.5. The monoisotopic (exact) mass is 386 g/mol. The van der Waals surface area contributed by atoms with Crippen LogP contribution in [0.15, 0.2) is 46.7 Å².